The first-order valence-electron chi connectivity index (χ1n) is 5.69. The topological polar surface area (TPSA) is 103 Å². The minimum Gasteiger partial charge on any atom is -0.384 e. The van der Waals surface area contributed by atoms with Gasteiger partial charge >= 0.3 is 0 Å². The van der Waals surface area contributed by atoms with E-state index in [1.807, 2.05) is 6.92 Å². The highest BCUT2D eigenvalue weighted by molar-refractivity contribution is 7.92. The average molecular weight is 281 g/mol. The van der Waals surface area contributed by atoms with Crippen LogP contribution in [-0.2, 0) is 23.5 Å². The van der Waals surface area contributed by atoms with Crippen LogP contribution in [0.3, 0.4) is 0 Å². The van der Waals surface area contributed by atoms with Crippen LogP contribution in [0.2, 0.25) is 0 Å². The molecule has 8 heteroatoms. The number of nitrogens with one attached hydrogen (secondary N) is 1. The Balaban J connectivity index is 2.36. The van der Waals surface area contributed by atoms with E-state index in [4.69, 9.17) is 5.73 Å². The Bertz CT molecular complexity index is 693. The highest BCUT2D eigenvalue weighted by Crippen LogP contribution is 2.19. The molecule has 0 saturated heterocycles. The van der Waals surface area contributed by atoms with Crippen LogP contribution >= 0.6 is 0 Å². The van der Waals surface area contributed by atoms with Gasteiger partial charge in [0.05, 0.1) is 16.3 Å². The van der Waals surface area contributed by atoms with Gasteiger partial charge in [0.1, 0.15) is 5.82 Å². The summed E-state index contributed by atoms with van der Waals surface area (Å²) in [6, 6.07) is 2.70. The molecule has 19 heavy (non-hydrogen) atoms. The fourth-order valence-corrected chi connectivity index (χ4v) is 2.77. The maximum Gasteiger partial charge on any atom is 0.262 e. The lowest BCUT2D eigenvalue weighted by atomic mass is 10.3. The molecule has 0 amide bonds. The molecule has 2 aromatic heterocycles. The summed E-state index contributed by atoms with van der Waals surface area (Å²) >= 11 is 0. The Hall–Kier alpha value is -2.09. The Labute approximate surface area is 111 Å². The molecule has 0 aliphatic rings. The van der Waals surface area contributed by atoms with E-state index in [1.54, 1.807) is 17.9 Å². The molecule has 2 rings (SSSR count). The molecular formula is C11H15N5O2S. The predicted molar refractivity (Wildman–Crippen MR) is 72.0 cm³/mol. The number of sulfonamides is 1. The molecule has 0 saturated carbocycles. The second kappa shape index (κ2) is 4.88. The van der Waals surface area contributed by atoms with Gasteiger partial charge in [0.25, 0.3) is 10.0 Å². The summed E-state index contributed by atoms with van der Waals surface area (Å²) in [6.45, 7) is 1.91. The molecule has 3 N–H and O–H groups in total. The molecule has 0 aromatic carbocycles. The summed E-state index contributed by atoms with van der Waals surface area (Å²) in [5.41, 5.74) is 6.65. The number of pyridine rings is 1. The monoisotopic (exact) mass is 281 g/mol. The summed E-state index contributed by atoms with van der Waals surface area (Å²) in [6.07, 6.45) is 3.62. The van der Waals surface area contributed by atoms with Crippen molar-refractivity contribution < 1.29 is 8.42 Å². The third kappa shape index (κ3) is 2.84. The highest BCUT2D eigenvalue weighted by Gasteiger charge is 2.17. The molecule has 7 nitrogen and oxygen atoms in total. The van der Waals surface area contributed by atoms with E-state index in [2.05, 4.69) is 14.8 Å². The molecular weight excluding hydrogens is 266 g/mol. The third-order valence-corrected chi connectivity index (χ3v) is 3.91. The smallest absolute Gasteiger partial charge is 0.262 e. The molecule has 102 valence electrons. The summed E-state index contributed by atoms with van der Waals surface area (Å²) in [5, 5.41) is 4.18. The van der Waals surface area contributed by atoms with Crippen molar-refractivity contribution in [2.45, 2.75) is 18.2 Å². The summed E-state index contributed by atoms with van der Waals surface area (Å²) in [5.74, 6) is 0.157. The molecule has 0 atom stereocenters. The van der Waals surface area contributed by atoms with Crippen LogP contribution in [0.25, 0.3) is 0 Å². The standard InChI is InChI=1S/C11H15N5O2S/c1-3-9-10(7-16(2)14-9)15-19(17,18)8-4-5-13-11(12)6-8/h4-7,15H,3H2,1-2H3,(H2,12,13). The summed E-state index contributed by atoms with van der Waals surface area (Å²) in [7, 11) is -1.94. The van der Waals surface area contributed by atoms with Gasteiger partial charge in [0.15, 0.2) is 0 Å². The molecule has 0 spiro atoms. The van der Waals surface area contributed by atoms with E-state index < -0.39 is 10.0 Å². The fraction of sp³-hybridized carbons (Fsp3) is 0.273. The number of aromatic nitrogens is 3. The van der Waals surface area contributed by atoms with E-state index in [-0.39, 0.29) is 10.7 Å². The lowest BCUT2D eigenvalue weighted by molar-refractivity contribution is 0.601. The van der Waals surface area contributed by atoms with E-state index in [0.717, 1.165) is 0 Å². The Kier molecular flexibility index (Phi) is 3.43. The second-order valence-electron chi connectivity index (χ2n) is 4.04. The lowest BCUT2D eigenvalue weighted by Crippen LogP contribution is -2.14. The van der Waals surface area contributed by atoms with Gasteiger partial charge in [0, 0.05) is 25.5 Å². The molecule has 2 aromatic rings. The first kappa shape index (κ1) is 13.3. The van der Waals surface area contributed by atoms with Gasteiger partial charge in [-0.05, 0) is 12.5 Å². The largest absolute Gasteiger partial charge is 0.384 e. The summed E-state index contributed by atoms with van der Waals surface area (Å²) in [4.78, 5) is 3.84. The number of nitrogens with zero attached hydrogens (tertiary/aromatic N) is 3. The minimum absolute atomic E-state index is 0.0749. The number of anilines is 2. The maximum absolute atomic E-state index is 12.2. The number of hydrogen-bond acceptors (Lipinski definition) is 5. The third-order valence-electron chi connectivity index (χ3n) is 2.55. The molecule has 0 aliphatic carbocycles. The number of nitrogens with two attached hydrogens (primary N) is 1. The zero-order valence-corrected chi connectivity index (χ0v) is 11.5. The van der Waals surface area contributed by atoms with Crippen molar-refractivity contribution in [3.8, 4) is 0 Å². The van der Waals surface area contributed by atoms with Gasteiger partial charge in [0.2, 0.25) is 0 Å². The first-order valence-corrected chi connectivity index (χ1v) is 7.17. The van der Waals surface area contributed by atoms with Crippen LogP contribution < -0.4 is 10.5 Å². The van der Waals surface area contributed by atoms with Gasteiger partial charge in [-0.3, -0.25) is 9.40 Å². The van der Waals surface area contributed by atoms with Crippen molar-refractivity contribution in [3.05, 3.63) is 30.2 Å². The van der Waals surface area contributed by atoms with Gasteiger partial charge in [-0.1, -0.05) is 6.92 Å². The van der Waals surface area contributed by atoms with Crippen molar-refractivity contribution >= 4 is 21.5 Å². The lowest BCUT2D eigenvalue weighted by Gasteiger charge is -2.07. The second-order valence-corrected chi connectivity index (χ2v) is 5.72. The Morgan fingerprint density at radius 2 is 2.21 bits per heavy atom. The van der Waals surface area contributed by atoms with E-state index in [9.17, 15) is 8.42 Å². The zero-order valence-electron chi connectivity index (χ0n) is 10.7. The van der Waals surface area contributed by atoms with Crippen LogP contribution in [0.1, 0.15) is 12.6 Å². The first-order chi connectivity index (χ1) is 8.92. The average Bonchev–Trinajstić information content (AvgIpc) is 2.68. The minimum atomic E-state index is -3.68. The van der Waals surface area contributed by atoms with E-state index in [0.29, 0.717) is 17.8 Å². The van der Waals surface area contributed by atoms with E-state index in [1.165, 1.54) is 18.3 Å². The van der Waals surface area contributed by atoms with Crippen molar-refractivity contribution in [2.75, 3.05) is 10.5 Å². The van der Waals surface area contributed by atoms with Crippen LogP contribution in [0.5, 0.6) is 0 Å². The van der Waals surface area contributed by atoms with Crippen LogP contribution in [0.15, 0.2) is 29.4 Å². The zero-order chi connectivity index (χ0) is 14.0. The molecule has 0 bridgehead atoms. The van der Waals surface area contributed by atoms with Crippen LogP contribution in [0.4, 0.5) is 11.5 Å². The van der Waals surface area contributed by atoms with Gasteiger partial charge < -0.3 is 5.73 Å². The number of aryl methyl sites for hydroxylation is 2. The molecule has 0 aliphatic heterocycles. The molecule has 0 unspecified atom stereocenters. The van der Waals surface area contributed by atoms with Gasteiger partial charge in [-0.25, -0.2) is 13.4 Å². The predicted octanol–water partition coefficient (Wildman–Crippen LogP) is 0.761. The highest BCUT2D eigenvalue weighted by atomic mass is 32.2. The molecule has 0 fully saturated rings. The van der Waals surface area contributed by atoms with Crippen molar-refractivity contribution in [3.63, 3.8) is 0 Å². The van der Waals surface area contributed by atoms with E-state index >= 15 is 0 Å². The normalized spacial score (nSPS) is 11.5. The number of rotatable bonds is 4. The van der Waals surface area contributed by atoms with Gasteiger partial charge in [-0.15, -0.1) is 0 Å². The molecule has 2 heterocycles. The number of nitrogen functional groups attached to an aromatic ring is 1. The van der Waals surface area contributed by atoms with Crippen molar-refractivity contribution in [1.29, 1.82) is 0 Å². The number of hydrogen-bond donors (Lipinski definition) is 2. The molecule has 0 radical (unpaired) electrons. The van der Waals surface area contributed by atoms with Crippen LogP contribution in [0, 0.1) is 0 Å². The Morgan fingerprint density at radius 3 is 2.84 bits per heavy atom. The van der Waals surface area contributed by atoms with Crippen molar-refractivity contribution in [2.24, 2.45) is 7.05 Å². The quantitative estimate of drug-likeness (QED) is 0.861. The maximum atomic E-state index is 12.2. The van der Waals surface area contributed by atoms with Crippen molar-refractivity contribution in [1.82, 2.24) is 14.8 Å². The fourth-order valence-electron chi connectivity index (χ4n) is 1.68. The summed E-state index contributed by atoms with van der Waals surface area (Å²) < 4.78 is 28.5. The van der Waals surface area contributed by atoms with Crippen LogP contribution in [-0.4, -0.2) is 23.2 Å². The van der Waals surface area contributed by atoms with Gasteiger partial charge in [-0.2, -0.15) is 5.10 Å². The SMILES string of the molecule is CCc1nn(C)cc1NS(=O)(=O)c1ccnc(N)c1. The Morgan fingerprint density at radius 1 is 1.47 bits per heavy atom.